The van der Waals surface area contributed by atoms with Gasteiger partial charge < -0.3 is 13.9 Å². The third-order valence-electron chi connectivity index (χ3n) is 13.1. The Labute approximate surface area is 376 Å². The molecule has 3 heteroatoms. The molecule has 65 heavy (non-hydrogen) atoms. The van der Waals surface area contributed by atoms with Crippen LogP contribution in [0.3, 0.4) is 0 Å². The van der Waals surface area contributed by atoms with Crippen LogP contribution in [-0.2, 0) is 0 Å². The van der Waals surface area contributed by atoms with Gasteiger partial charge in [-0.05, 0) is 128 Å². The maximum Gasteiger partial charge on any atom is 0.159 e. The van der Waals surface area contributed by atoms with Gasteiger partial charge in [-0.1, -0.05) is 170 Å². The smallest absolute Gasteiger partial charge is 0.159 e. The summed E-state index contributed by atoms with van der Waals surface area (Å²) in [6, 6.07) is 87.8. The van der Waals surface area contributed by atoms with Crippen LogP contribution in [0.25, 0.3) is 104 Å². The van der Waals surface area contributed by atoms with E-state index in [9.17, 15) is 0 Å². The minimum atomic E-state index is 0.852. The molecule has 0 bridgehead atoms. The van der Waals surface area contributed by atoms with Crippen molar-refractivity contribution in [2.24, 2.45) is 0 Å². The van der Waals surface area contributed by atoms with E-state index in [4.69, 9.17) is 4.42 Å². The highest BCUT2D eigenvalue weighted by Crippen LogP contribution is 2.46. The molecule has 0 amide bonds. The molecule has 3 nitrogen and oxygen atoms in total. The molecule has 0 spiro atoms. The van der Waals surface area contributed by atoms with Gasteiger partial charge in [0.2, 0.25) is 0 Å². The van der Waals surface area contributed by atoms with Crippen LogP contribution in [0, 0.1) is 0 Å². The minimum Gasteiger partial charge on any atom is -0.454 e. The fourth-order valence-corrected chi connectivity index (χ4v) is 10.0. The number of hydrogen-bond acceptors (Lipinski definition) is 2. The van der Waals surface area contributed by atoms with Crippen molar-refractivity contribution in [1.82, 2.24) is 4.57 Å². The molecule has 13 rings (SSSR count). The number of rotatable bonds is 7. The molecule has 0 aliphatic rings. The normalized spacial score (nSPS) is 11.7. The number of nitrogens with zero attached hydrogens (tertiary/aromatic N) is 2. The fraction of sp³-hybridized carbons (Fsp3) is 0. The van der Waals surface area contributed by atoms with E-state index >= 15 is 0 Å². The van der Waals surface area contributed by atoms with Gasteiger partial charge in [0.1, 0.15) is 5.58 Å². The molecule has 0 aliphatic heterocycles. The molecule has 11 aromatic carbocycles. The zero-order valence-electron chi connectivity index (χ0n) is 35.4. The number of aromatic nitrogens is 1. The third kappa shape index (κ3) is 6.20. The van der Waals surface area contributed by atoms with Crippen molar-refractivity contribution < 1.29 is 4.42 Å². The van der Waals surface area contributed by atoms with Gasteiger partial charge >= 0.3 is 0 Å². The first kappa shape index (κ1) is 36.9. The van der Waals surface area contributed by atoms with E-state index in [1.54, 1.807) is 0 Å². The molecule has 13 aromatic rings. The quantitative estimate of drug-likeness (QED) is 0.160. The largest absolute Gasteiger partial charge is 0.454 e. The summed E-state index contributed by atoms with van der Waals surface area (Å²) in [5, 5.41) is 9.39. The van der Waals surface area contributed by atoms with E-state index in [1.807, 2.05) is 0 Å². The number of hydrogen-bond donors (Lipinski definition) is 0. The Morgan fingerprint density at radius 2 is 0.877 bits per heavy atom. The first-order valence-electron chi connectivity index (χ1n) is 22.2. The maximum absolute atomic E-state index is 6.93. The summed E-state index contributed by atoms with van der Waals surface area (Å²) < 4.78 is 9.39. The van der Waals surface area contributed by atoms with Gasteiger partial charge in [-0.3, -0.25) is 0 Å². The highest BCUT2D eigenvalue weighted by molar-refractivity contribution is 6.21. The first-order valence-corrected chi connectivity index (χ1v) is 22.2. The van der Waals surface area contributed by atoms with Crippen LogP contribution in [0.15, 0.2) is 247 Å². The van der Waals surface area contributed by atoms with Crippen LogP contribution in [-0.4, -0.2) is 4.57 Å². The van der Waals surface area contributed by atoms with Crippen molar-refractivity contribution in [1.29, 1.82) is 0 Å². The summed E-state index contributed by atoms with van der Waals surface area (Å²) in [5.74, 6) is 0. The lowest BCUT2D eigenvalue weighted by molar-refractivity contribution is 0.669. The van der Waals surface area contributed by atoms with Gasteiger partial charge in [0.25, 0.3) is 0 Å². The predicted molar refractivity (Wildman–Crippen MR) is 274 cm³/mol. The Balaban J connectivity index is 1.07. The standard InChI is InChI=1S/C62H40N2O/c1-4-15-41(16-5-1)44-27-30-50(31-28-44)63(58-26-14-25-54-61-53-24-13-12-21-45(53)29-34-60(61)65-62(54)58)51-32-33-57-56(40-51)55-38-46-22-10-11-23-47(46)39-59(55)64(57)52-36-48(42-17-6-2-7-18-42)35-49(37-52)43-19-8-3-9-20-43/h1-40H. The number of anilines is 3. The molecular weight excluding hydrogens is 789 g/mol. The molecule has 2 aromatic heterocycles. The number of benzene rings is 11. The average Bonchev–Trinajstić information content (AvgIpc) is 3.92. The number of para-hydroxylation sites is 1. The van der Waals surface area contributed by atoms with Crippen molar-refractivity contribution in [2.75, 3.05) is 4.90 Å². The van der Waals surface area contributed by atoms with E-state index in [2.05, 4.69) is 252 Å². The van der Waals surface area contributed by atoms with Gasteiger partial charge in [-0.15, -0.1) is 0 Å². The lowest BCUT2D eigenvalue weighted by Gasteiger charge is -2.26. The molecular formula is C62H40N2O. The summed E-state index contributed by atoms with van der Waals surface area (Å²) >= 11 is 0. The summed E-state index contributed by atoms with van der Waals surface area (Å²) in [6.07, 6.45) is 0. The van der Waals surface area contributed by atoms with Crippen molar-refractivity contribution >= 4 is 82.4 Å². The van der Waals surface area contributed by atoms with Crippen molar-refractivity contribution in [3.63, 3.8) is 0 Å². The van der Waals surface area contributed by atoms with Gasteiger partial charge in [0.15, 0.2) is 5.58 Å². The SMILES string of the molecule is c1ccc(-c2ccc(N(c3ccc4c(c3)c3cc5ccccc5cc3n4-c3cc(-c4ccccc4)cc(-c4ccccc4)c3)c3cccc4c3oc3ccc5ccccc5c34)cc2)cc1. The fourth-order valence-electron chi connectivity index (χ4n) is 10.0. The predicted octanol–water partition coefficient (Wildman–Crippen LogP) is 17.5. The topological polar surface area (TPSA) is 21.3 Å². The van der Waals surface area contributed by atoms with Gasteiger partial charge in [-0.2, -0.15) is 0 Å². The second-order valence-electron chi connectivity index (χ2n) is 16.9. The Morgan fingerprint density at radius 3 is 1.57 bits per heavy atom. The van der Waals surface area contributed by atoms with Crippen molar-refractivity contribution in [2.45, 2.75) is 0 Å². The lowest BCUT2D eigenvalue weighted by Crippen LogP contribution is -2.10. The third-order valence-corrected chi connectivity index (χ3v) is 13.1. The van der Waals surface area contributed by atoms with Crippen LogP contribution < -0.4 is 4.90 Å². The molecule has 0 saturated carbocycles. The monoisotopic (exact) mass is 828 g/mol. The van der Waals surface area contributed by atoms with Crippen molar-refractivity contribution in [3.8, 4) is 39.1 Å². The Bertz CT molecular complexity index is 3870. The van der Waals surface area contributed by atoms with Gasteiger partial charge in [-0.25, -0.2) is 0 Å². The minimum absolute atomic E-state index is 0.852. The zero-order valence-corrected chi connectivity index (χ0v) is 35.4. The van der Waals surface area contributed by atoms with E-state index in [0.717, 1.165) is 55.7 Å². The Kier molecular flexibility index (Phi) is 8.53. The molecule has 0 saturated heterocycles. The Hall–Kier alpha value is -8.66. The van der Waals surface area contributed by atoms with Gasteiger partial charge in [0, 0.05) is 38.6 Å². The van der Waals surface area contributed by atoms with Crippen LogP contribution in [0.2, 0.25) is 0 Å². The maximum atomic E-state index is 6.93. The molecule has 0 N–H and O–H groups in total. The summed E-state index contributed by atoms with van der Waals surface area (Å²) in [5.41, 5.74) is 15.3. The molecule has 2 heterocycles. The van der Waals surface area contributed by atoms with Crippen molar-refractivity contribution in [3.05, 3.63) is 243 Å². The second kappa shape index (κ2) is 15.0. The number of fused-ring (bicyclic) bond motifs is 9. The van der Waals surface area contributed by atoms with Crippen LogP contribution >= 0.6 is 0 Å². The highest BCUT2D eigenvalue weighted by Gasteiger charge is 2.23. The second-order valence-corrected chi connectivity index (χ2v) is 16.9. The van der Waals surface area contributed by atoms with E-state index in [-0.39, 0.29) is 0 Å². The first-order chi connectivity index (χ1) is 32.2. The lowest BCUT2D eigenvalue weighted by atomic mass is 9.98. The highest BCUT2D eigenvalue weighted by atomic mass is 16.3. The summed E-state index contributed by atoms with van der Waals surface area (Å²) in [4.78, 5) is 2.37. The molecule has 0 radical (unpaired) electrons. The average molecular weight is 829 g/mol. The number of furan rings is 1. The molecule has 0 aliphatic carbocycles. The summed E-state index contributed by atoms with van der Waals surface area (Å²) in [7, 11) is 0. The molecule has 0 unspecified atom stereocenters. The molecule has 304 valence electrons. The van der Waals surface area contributed by atoms with Crippen LogP contribution in [0.5, 0.6) is 0 Å². The van der Waals surface area contributed by atoms with Crippen LogP contribution in [0.4, 0.5) is 17.1 Å². The Morgan fingerprint density at radius 1 is 0.323 bits per heavy atom. The van der Waals surface area contributed by atoms with E-state index < -0.39 is 0 Å². The van der Waals surface area contributed by atoms with Gasteiger partial charge in [0.05, 0.1) is 16.7 Å². The molecule has 0 atom stereocenters. The zero-order chi connectivity index (χ0) is 42.8. The van der Waals surface area contributed by atoms with E-state index in [1.165, 1.54) is 65.7 Å². The summed E-state index contributed by atoms with van der Waals surface area (Å²) in [6.45, 7) is 0. The van der Waals surface area contributed by atoms with Crippen LogP contribution in [0.1, 0.15) is 0 Å². The molecule has 0 fully saturated rings. The van der Waals surface area contributed by atoms with E-state index in [0.29, 0.717) is 0 Å².